The van der Waals surface area contributed by atoms with Gasteiger partial charge in [-0.1, -0.05) is 48.0 Å². The summed E-state index contributed by atoms with van der Waals surface area (Å²) in [4.78, 5) is 10.8. The Balaban J connectivity index is 2.50. The Kier molecular flexibility index (Phi) is 3.45. The van der Waals surface area contributed by atoms with Gasteiger partial charge < -0.3 is 5.11 Å². The molecule has 3 heteroatoms. The van der Waals surface area contributed by atoms with Crippen LogP contribution in [0.1, 0.15) is 5.56 Å². The normalized spacial score (nSPS) is 10.2. The van der Waals surface area contributed by atoms with E-state index in [0.717, 1.165) is 16.7 Å². The summed E-state index contributed by atoms with van der Waals surface area (Å²) in [5, 5.41) is 9.44. The van der Waals surface area contributed by atoms with E-state index in [1.54, 1.807) is 12.1 Å². The second-order valence-electron chi connectivity index (χ2n) is 3.74. The van der Waals surface area contributed by atoms with Crippen molar-refractivity contribution in [1.82, 2.24) is 0 Å². The van der Waals surface area contributed by atoms with Crippen molar-refractivity contribution in [3.05, 3.63) is 59.1 Å². The maximum atomic E-state index is 10.8. The fourth-order valence-electron chi connectivity index (χ4n) is 1.77. The lowest BCUT2D eigenvalue weighted by Gasteiger charge is -2.08. The molecule has 0 saturated carbocycles. The summed E-state index contributed by atoms with van der Waals surface area (Å²) in [6.45, 7) is 0. The number of carboxylic acid groups (broad SMARTS) is 1. The summed E-state index contributed by atoms with van der Waals surface area (Å²) in [5.74, 6) is -0.857. The van der Waals surface area contributed by atoms with Gasteiger partial charge in [-0.2, -0.15) is 0 Å². The Labute approximate surface area is 104 Å². The van der Waals surface area contributed by atoms with Gasteiger partial charge in [-0.05, 0) is 28.8 Å². The van der Waals surface area contributed by atoms with Gasteiger partial charge in [0.2, 0.25) is 0 Å². The summed E-state index contributed by atoms with van der Waals surface area (Å²) in [6, 6.07) is 15.0. The molecule has 2 aromatic rings. The number of hydrogen-bond donors (Lipinski definition) is 1. The van der Waals surface area contributed by atoms with E-state index in [2.05, 4.69) is 0 Å². The Hall–Kier alpha value is -1.80. The molecule has 0 saturated heterocycles. The maximum absolute atomic E-state index is 10.8. The molecule has 0 aliphatic heterocycles. The predicted octanol–water partition coefficient (Wildman–Crippen LogP) is 3.63. The third kappa shape index (κ3) is 2.86. The first-order chi connectivity index (χ1) is 8.16. The number of halogens is 1. The van der Waals surface area contributed by atoms with Gasteiger partial charge in [0.1, 0.15) is 0 Å². The van der Waals surface area contributed by atoms with Gasteiger partial charge in [0, 0.05) is 5.02 Å². The molecule has 0 fully saturated rings. The van der Waals surface area contributed by atoms with Crippen molar-refractivity contribution in [1.29, 1.82) is 0 Å². The van der Waals surface area contributed by atoms with Gasteiger partial charge >= 0.3 is 5.97 Å². The van der Waals surface area contributed by atoms with Crippen molar-refractivity contribution in [3.63, 3.8) is 0 Å². The molecule has 0 bridgehead atoms. The Morgan fingerprint density at radius 3 is 2.47 bits per heavy atom. The van der Waals surface area contributed by atoms with Crippen LogP contribution in [0.15, 0.2) is 48.5 Å². The molecular weight excluding hydrogens is 236 g/mol. The van der Waals surface area contributed by atoms with Crippen LogP contribution in [0, 0.1) is 0 Å². The zero-order valence-corrected chi connectivity index (χ0v) is 9.82. The maximum Gasteiger partial charge on any atom is 0.307 e. The molecule has 17 heavy (non-hydrogen) atoms. The lowest BCUT2D eigenvalue weighted by Crippen LogP contribution is -2.01. The highest BCUT2D eigenvalue weighted by Gasteiger charge is 2.09. The Morgan fingerprint density at radius 2 is 1.82 bits per heavy atom. The van der Waals surface area contributed by atoms with Crippen LogP contribution < -0.4 is 0 Å². The summed E-state index contributed by atoms with van der Waals surface area (Å²) >= 11 is 5.89. The van der Waals surface area contributed by atoms with Crippen molar-refractivity contribution in [3.8, 4) is 11.1 Å². The highest BCUT2D eigenvalue weighted by Crippen LogP contribution is 2.26. The standard InChI is InChI=1S/C14H11ClO2/c15-12-6-7-13(10-4-2-1-3-5-10)11(8-12)9-14(16)17/h1-8H,9H2,(H,16,17). The van der Waals surface area contributed by atoms with Gasteiger partial charge in [0.15, 0.2) is 0 Å². The molecule has 0 aromatic heterocycles. The predicted molar refractivity (Wildman–Crippen MR) is 68.2 cm³/mol. The van der Waals surface area contributed by atoms with Gasteiger partial charge in [0.25, 0.3) is 0 Å². The quantitative estimate of drug-likeness (QED) is 0.898. The molecule has 0 aliphatic carbocycles. The van der Waals surface area contributed by atoms with Crippen molar-refractivity contribution in [2.45, 2.75) is 6.42 Å². The number of carbonyl (C=O) groups is 1. The first-order valence-corrected chi connectivity index (χ1v) is 5.60. The second-order valence-corrected chi connectivity index (χ2v) is 4.17. The average molecular weight is 247 g/mol. The van der Waals surface area contributed by atoms with Crippen LogP contribution in [0.4, 0.5) is 0 Å². The molecule has 1 N–H and O–H groups in total. The number of carboxylic acids is 1. The minimum absolute atomic E-state index is 0.0230. The van der Waals surface area contributed by atoms with E-state index >= 15 is 0 Å². The first-order valence-electron chi connectivity index (χ1n) is 5.22. The van der Waals surface area contributed by atoms with E-state index in [1.165, 1.54) is 0 Å². The van der Waals surface area contributed by atoms with E-state index in [0.29, 0.717) is 5.02 Å². The molecule has 2 rings (SSSR count). The summed E-state index contributed by atoms with van der Waals surface area (Å²) in [7, 11) is 0. The van der Waals surface area contributed by atoms with E-state index in [1.807, 2.05) is 36.4 Å². The SMILES string of the molecule is O=C(O)Cc1cc(Cl)ccc1-c1ccccc1. The molecule has 0 aliphatic rings. The number of benzene rings is 2. The van der Waals surface area contributed by atoms with Gasteiger partial charge in [-0.25, -0.2) is 0 Å². The van der Waals surface area contributed by atoms with Crippen molar-refractivity contribution in [2.75, 3.05) is 0 Å². The molecule has 0 heterocycles. The lowest BCUT2D eigenvalue weighted by atomic mass is 9.98. The van der Waals surface area contributed by atoms with Crippen LogP contribution in [0.3, 0.4) is 0 Å². The molecule has 2 nitrogen and oxygen atoms in total. The van der Waals surface area contributed by atoms with Gasteiger partial charge in [-0.15, -0.1) is 0 Å². The van der Waals surface area contributed by atoms with Crippen LogP contribution in [0.2, 0.25) is 5.02 Å². The van der Waals surface area contributed by atoms with Crippen molar-refractivity contribution >= 4 is 17.6 Å². The summed E-state index contributed by atoms with van der Waals surface area (Å²) < 4.78 is 0. The molecule has 0 unspecified atom stereocenters. The number of rotatable bonds is 3. The minimum Gasteiger partial charge on any atom is -0.481 e. The molecule has 0 atom stereocenters. The Bertz CT molecular complexity index is 535. The third-order valence-electron chi connectivity index (χ3n) is 2.49. The smallest absolute Gasteiger partial charge is 0.307 e. The van der Waals surface area contributed by atoms with Gasteiger partial charge in [-0.3, -0.25) is 4.79 Å². The summed E-state index contributed by atoms with van der Waals surface area (Å²) in [5.41, 5.74) is 2.65. The van der Waals surface area contributed by atoms with Crippen LogP contribution in [-0.2, 0) is 11.2 Å². The molecule has 86 valence electrons. The second kappa shape index (κ2) is 5.02. The molecule has 2 aromatic carbocycles. The molecule has 0 spiro atoms. The fraction of sp³-hybridized carbons (Fsp3) is 0.0714. The first kappa shape index (κ1) is 11.7. The van der Waals surface area contributed by atoms with E-state index in [9.17, 15) is 4.79 Å². The lowest BCUT2D eigenvalue weighted by molar-refractivity contribution is -0.136. The van der Waals surface area contributed by atoms with Crippen molar-refractivity contribution < 1.29 is 9.90 Å². The van der Waals surface area contributed by atoms with E-state index in [-0.39, 0.29) is 6.42 Å². The topological polar surface area (TPSA) is 37.3 Å². The van der Waals surface area contributed by atoms with Crippen LogP contribution in [0.5, 0.6) is 0 Å². The highest BCUT2D eigenvalue weighted by atomic mass is 35.5. The fourth-order valence-corrected chi connectivity index (χ4v) is 1.97. The molecule has 0 amide bonds. The zero-order chi connectivity index (χ0) is 12.3. The van der Waals surface area contributed by atoms with E-state index < -0.39 is 5.97 Å². The minimum atomic E-state index is -0.857. The van der Waals surface area contributed by atoms with Crippen molar-refractivity contribution in [2.24, 2.45) is 0 Å². The van der Waals surface area contributed by atoms with E-state index in [4.69, 9.17) is 16.7 Å². The summed E-state index contributed by atoms with van der Waals surface area (Å²) in [6.07, 6.45) is -0.0230. The van der Waals surface area contributed by atoms with Crippen LogP contribution in [-0.4, -0.2) is 11.1 Å². The number of aliphatic carboxylic acids is 1. The Morgan fingerprint density at radius 1 is 1.12 bits per heavy atom. The monoisotopic (exact) mass is 246 g/mol. The highest BCUT2D eigenvalue weighted by molar-refractivity contribution is 6.30. The number of hydrogen-bond acceptors (Lipinski definition) is 1. The average Bonchev–Trinajstić information content (AvgIpc) is 2.29. The molecule has 0 radical (unpaired) electrons. The van der Waals surface area contributed by atoms with Crippen LogP contribution in [0.25, 0.3) is 11.1 Å². The third-order valence-corrected chi connectivity index (χ3v) is 2.73. The van der Waals surface area contributed by atoms with Crippen LogP contribution >= 0.6 is 11.6 Å². The largest absolute Gasteiger partial charge is 0.481 e. The van der Waals surface area contributed by atoms with Gasteiger partial charge in [0.05, 0.1) is 6.42 Å². The molecular formula is C14H11ClO2. The zero-order valence-electron chi connectivity index (χ0n) is 9.06.